The van der Waals surface area contributed by atoms with Crippen LogP contribution >= 0.6 is 0 Å². The summed E-state index contributed by atoms with van der Waals surface area (Å²) in [6.45, 7) is 3.74. The Kier molecular flexibility index (Phi) is 3.90. The van der Waals surface area contributed by atoms with Crippen molar-refractivity contribution >= 4 is 0 Å². The molecule has 5 rings (SSSR count). The zero-order valence-corrected chi connectivity index (χ0v) is 14.5. The Balaban J connectivity index is 1.17. The van der Waals surface area contributed by atoms with Crippen molar-refractivity contribution in [2.24, 2.45) is 0 Å². The van der Waals surface area contributed by atoms with Gasteiger partial charge in [-0.1, -0.05) is 6.07 Å². The largest absolute Gasteiger partial charge is 0.460 e. The molecule has 0 N–H and O–H groups in total. The lowest BCUT2D eigenvalue weighted by Crippen LogP contribution is -2.65. The van der Waals surface area contributed by atoms with Crippen LogP contribution in [0.15, 0.2) is 36.7 Å². The minimum absolute atomic E-state index is 0.103. The van der Waals surface area contributed by atoms with E-state index >= 15 is 0 Å². The quantitative estimate of drug-likeness (QED) is 0.831. The van der Waals surface area contributed by atoms with Crippen molar-refractivity contribution in [3.05, 3.63) is 42.2 Å². The molecule has 26 heavy (non-hydrogen) atoms. The van der Waals surface area contributed by atoms with Gasteiger partial charge in [0.15, 0.2) is 11.5 Å². The standard InChI is InChI=1S/C19H21N3O4/c1-5-20-18(21-6-1)26-15-4-7-25-19(9-15)11-22(12-19)10-14-2-3-16-17(8-14)24-13-23-16/h1-3,5-6,8,15H,4,7,9-13H2/t15-/m0/s1. The van der Waals surface area contributed by atoms with Crippen LogP contribution in [0.3, 0.4) is 0 Å². The number of fused-ring (bicyclic) bond motifs is 1. The lowest BCUT2D eigenvalue weighted by atomic mass is 9.84. The highest BCUT2D eigenvalue weighted by molar-refractivity contribution is 5.44. The molecule has 1 spiro atoms. The normalized spacial score (nSPS) is 23.6. The summed E-state index contributed by atoms with van der Waals surface area (Å²) in [5.41, 5.74) is 1.12. The predicted octanol–water partition coefficient (Wildman–Crippen LogP) is 2.02. The highest BCUT2D eigenvalue weighted by Gasteiger charge is 2.48. The number of nitrogens with zero attached hydrogens (tertiary/aromatic N) is 3. The molecule has 1 aromatic heterocycles. The summed E-state index contributed by atoms with van der Waals surface area (Å²) in [5, 5.41) is 0. The molecular formula is C19H21N3O4. The molecule has 0 amide bonds. The smallest absolute Gasteiger partial charge is 0.316 e. The number of rotatable bonds is 4. The van der Waals surface area contributed by atoms with Crippen molar-refractivity contribution < 1.29 is 18.9 Å². The monoisotopic (exact) mass is 355 g/mol. The van der Waals surface area contributed by atoms with Crippen LogP contribution in [0.25, 0.3) is 0 Å². The molecule has 1 aromatic carbocycles. The van der Waals surface area contributed by atoms with Crippen LogP contribution in [0.2, 0.25) is 0 Å². The Bertz CT molecular complexity index is 780. The fourth-order valence-corrected chi connectivity index (χ4v) is 3.98. The summed E-state index contributed by atoms with van der Waals surface area (Å²) in [6.07, 6.45) is 5.27. The van der Waals surface area contributed by atoms with Gasteiger partial charge in [0.2, 0.25) is 6.79 Å². The summed E-state index contributed by atoms with van der Waals surface area (Å²) in [6, 6.07) is 8.38. The molecule has 0 saturated carbocycles. The topological polar surface area (TPSA) is 65.9 Å². The van der Waals surface area contributed by atoms with Gasteiger partial charge in [0.25, 0.3) is 0 Å². The Labute approximate surface area is 151 Å². The molecule has 0 bridgehead atoms. The molecule has 7 nitrogen and oxygen atoms in total. The van der Waals surface area contributed by atoms with Crippen LogP contribution in [0, 0.1) is 0 Å². The molecule has 1 atom stereocenters. The Hall–Kier alpha value is -2.38. The summed E-state index contributed by atoms with van der Waals surface area (Å²) >= 11 is 0. The third kappa shape index (κ3) is 3.08. The van der Waals surface area contributed by atoms with Crippen LogP contribution in [0.1, 0.15) is 18.4 Å². The highest BCUT2D eigenvalue weighted by Crippen LogP contribution is 2.37. The summed E-state index contributed by atoms with van der Waals surface area (Å²) < 4.78 is 22.9. The van der Waals surface area contributed by atoms with Gasteiger partial charge >= 0.3 is 6.01 Å². The molecule has 3 aliphatic heterocycles. The van der Waals surface area contributed by atoms with Crippen LogP contribution in [0.5, 0.6) is 17.5 Å². The summed E-state index contributed by atoms with van der Waals surface area (Å²) in [5.74, 6) is 1.66. The van der Waals surface area contributed by atoms with Crippen LogP contribution in [-0.4, -0.2) is 53.1 Å². The molecule has 3 aliphatic rings. The number of hydrogen-bond acceptors (Lipinski definition) is 7. The van der Waals surface area contributed by atoms with Crippen LogP contribution in [-0.2, 0) is 11.3 Å². The molecular weight excluding hydrogens is 334 g/mol. The second-order valence-corrected chi connectivity index (χ2v) is 7.13. The number of likely N-dealkylation sites (tertiary alicyclic amines) is 1. The van der Waals surface area contributed by atoms with E-state index in [1.807, 2.05) is 6.07 Å². The van der Waals surface area contributed by atoms with E-state index in [1.165, 1.54) is 5.56 Å². The van der Waals surface area contributed by atoms with Gasteiger partial charge in [-0.05, 0) is 23.8 Å². The van der Waals surface area contributed by atoms with E-state index in [-0.39, 0.29) is 11.7 Å². The fourth-order valence-electron chi connectivity index (χ4n) is 3.98. The first kappa shape index (κ1) is 15.8. The molecule has 4 heterocycles. The lowest BCUT2D eigenvalue weighted by molar-refractivity contribution is -0.188. The van der Waals surface area contributed by atoms with E-state index in [1.54, 1.807) is 18.5 Å². The SMILES string of the molecule is c1cnc(O[C@H]2CCOC3(C2)CN(Cc2ccc4c(c2)OCO4)C3)nc1. The van der Waals surface area contributed by atoms with E-state index in [0.717, 1.165) is 50.6 Å². The highest BCUT2D eigenvalue weighted by atomic mass is 16.7. The Morgan fingerprint density at radius 3 is 2.88 bits per heavy atom. The fraction of sp³-hybridized carbons (Fsp3) is 0.474. The van der Waals surface area contributed by atoms with Gasteiger partial charge in [-0.3, -0.25) is 4.90 Å². The van der Waals surface area contributed by atoms with Crippen molar-refractivity contribution in [1.82, 2.24) is 14.9 Å². The van der Waals surface area contributed by atoms with Gasteiger partial charge < -0.3 is 18.9 Å². The minimum Gasteiger partial charge on any atom is -0.460 e. The third-order valence-electron chi connectivity index (χ3n) is 5.13. The average molecular weight is 355 g/mol. The van der Waals surface area contributed by atoms with E-state index in [9.17, 15) is 0 Å². The van der Waals surface area contributed by atoms with Gasteiger partial charge in [-0.2, -0.15) is 0 Å². The molecule has 2 fully saturated rings. The third-order valence-corrected chi connectivity index (χ3v) is 5.13. The minimum atomic E-state index is -0.103. The maximum Gasteiger partial charge on any atom is 0.316 e. The van der Waals surface area contributed by atoms with Crippen molar-refractivity contribution in [2.45, 2.75) is 31.1 Å². The molecule has 0 unspecified atom stereocenters. The zero-order chi connectivity index (χ0) is 17.4. The van der Waals surface area contributed by atoms with Gasteiger partial charge in [0, 0.05) is 44.9 Å². The van der Waals surface area contributed by atoms with Gasteiger partial charge in [0.05, 0.1) is 12.2 Å². The van der Waals surface area contributed by atoms with E-state index in [0.29, 0.717) is 12.8 Å². The van der Waals surface area contributed by atoms with Gasteiger partial charge in [0.1, 0.15) is 6.10 Å². The first-order valence-electron chi connectivity index (χ1n) is 8.97. The zero-order valence-electron chi connectivity index (χ0n) is 14.5. The van der Waals surface area contributed by atoms with Crippen molar-refractivity contribution in [3.63, 3.8) is 0 Å². The van der Waals surface area contributed by atoms with Crippen LogP contribution in [0.4, 0.5) is 0 Å². The Morgan fingerprint density at radius 2 is 2.00 bits per heavy atom. The molecule has 2 aromatic rings. The predicted molar refractivity (Wildman–Crippen MR) is 92.2 cm³/mol. The van der Waals surface area contributed by atoms with E-state index < -0.39 is 0 Å². The van der Waals surface area contributed by atoms with Crippen molar-refractivity contribution in [3.8, 4) is 17.5 Å². The lowest BCUT2D eigenvalue weighted by Gasteiger charge is -2.53. The average Bonchev–Trinajstić information content (AvgIpc) is 3.09. The van der Waals surface area contributed by atoms with Crippen molar-refractivity contribution in [1.29, 1.82) is 0 Å². The van der Waals surface area contributed by atoms with E-state index in [4.69, 9.17) is 18.9 Å². The number of hydrogen-bond donors (Lipinski definition) is 0. The number of benzene rings is 1. The number of ether oxygens (including phenoxy) is 4. The van der Waals surface area contributed by atoms with Gasteiger partial charge in [-0.25, -0.2) is 9.97 Å². The van der Waals surface area contributed by atoms with Crippen LogP contribution < -0.4 is 14.2 Å². The number of aromatic nitrogens is 2. The molecule has 0 radical (unpaired) electrons. The van der Waals surface area contributed by atoms with Gasteiger partial charge in [-0.15, -0.1) is 0 Å². The second-order valence-electron chi connectivity index (χ2n) is 7.13. The maximum absolute atomic E-state index is 6.10. The molecule has 0 aliphatic carbocycles. The maximum atomic E-state index is 6.10. The molecule has 2 saturated heterocycles. The summed E-state index contributed by atoms with van der Waals surface area (Å²) in [7, 11) is 0. The van der Waals surface area contributed by atoms with Crippen molar-refractivity contribution in [2.75, 3.05) is 26.5 Å². The molecule has 136 valence electrons. The summed E-state index contributed by atoms with van der Waals surface area (Å²) in [4.78, 5) is 10.7. The van der Waals surface area contributed by atoms with E-state index in [2.05, 4.69) is 27.0 Å². The second kappa shape index (κ2) is 6.41. The molecule has 7 heteroatoms. The first-order valence-corrected chi connectivity index (χ1v) is 8.97. The Morgan fingerprint density at radius 1 is 1.15 bits per heavy atom. The first-order chi connectivity index (χ1) is 12.8.